The molecule has 0 saturated carbocycles. The summed E-state index contributed by atoms with van der Waals surface area (Å²) in [5.74, 6) is -0.810. The van der Waals surface area contributed by atoms with Gasteiger partial charge in [-0.05, 0) is 41.8 Å². The molecule has 3 aromatic carbocycles. The fourth-order valence-electron chi connectivity index (χ4n) is 3.53. The third kappa shape index (κ3) is 8.09. The van der Waals surface area contributed by atoms with E-state index < -0.39 is 17.8 Å². The molecular formula is C27H28ClFN2O4. The Bertz CT molecular complexity index is 1100. The van der Waals surface area contributed by atoms with Crippen LogP contribution in [0.15, 0.2) is 78.9 Å². The monoisotopic (exact) mass is 498 g/mol. The van der Waals surface area contributed by atoms with Crippen LogP contribution in [0.1, 0.15) is 17.5 Å². The maximum absolute atomic E-state index is 13.5. The predicted molar refractivity (Wildman–Crippen MR) is 133 cm³/mol. The molecule has 0 aliphatic heterocycles. The molecular weight excluding hydrogens is 471 g/mol. The second-order valence-electron chi connectivity index (χ2n) is 7.94. The summed E-state index contributed by atoms with van der Waals surface area (Å²) in [6.45, 7) is -0.0427. The number of nitrogens with one attached hydrogen (secondary N) is 1. The van der Waals surface area contributed by atoms with Crippen molar-refractivity contribution in [1.29, 1.82) is 0 Å². The van der Waals surface area contributed by atoms with Crippen molar-refractivity contribution >= 4 is 23.4 Å². The van der Waals surface area contributed by atoms with Gasteiger partial charge in [0.15, 0.2) is 6.61 Å². The molecule has 2 amide bonds. The molecule has 0 aliphatic carbocycles. The standard InChI is InChI=1S/C27H28ClFN2O4/c28-23-9-4-5-10-25(23)35-19-26(33)31(18-21-11-13-22(29)14-12-21)24(27(34)30-15-6-16-32)17-20-7-2-1-3-8-20/h1-5,7-14,24,32H,6,15-19H2,(H,30,34)/t24-/m0/s1. The van der Waals surface area contributed by atoms with Gasteiger partial charge in [0.25, 0.3) is 5.91 Å². The van der Waals surface area contributed by atoms with Gasteiger partial charge in [0, 0.05) is 26.1 Å². The minimum atomic E-state index is -0.858. The molecule has 2 N–H and O–H groups in total. The van der Waals surface area contributed by atoms with Crippen LogP contribution in [0.4, 0.5) is 4.39 Å². The minimum absolute atomic E-state index is 0.0620. The molecule has 0 unspecified atom stereocenters. The normalized spacial score (nSPS) is 11.5. The molecule has 0 heterocycles. The number of amides is 2. The van der Waals surface area contributed by atoms with Crippen LogP contribution in [-0.2, 0) is 22.6 Å². The van der Waals surface area contributed by atoms with Crippen molar-refractivity contribution in [1.82, 2.24) is 10.2 Å². The van der Waals surface area contributed by atoms with Crippen molar-refractivity contribution in [3.8, 4) is 5.75 Å². The Morgan fingerprint density at radius 1 is 0.971 bits per heavy atom. The van der Waals surface area contributed by atoms with Crippen molar-refractivity contribution in [3.63, 3.8) is 0 Å². The van der Waals surface area contributed by atoms with Crippen LogP contribution in [0.2, 0.25) is 5.02 Å². The maximum Gasteiger partial charge on any atom is 0.261 e. The summed E-state index contributed by atoms with van der Waals surface area (Å²) < 4.78 is 19.1. The summed E-state index contributed by atoms with van der Waals surface area (Å²) in [6.07, 6.45) is 0.663. The number of ether oxygens (including phenoxy) is 1. The van der Waals surface area contributed by atoms with E-state index in [2.05, 4.69) is 5.32 Å². The number of carbonyl (C=O) groups excluding carboxylic acids is 2. The first-order valence-electron chi connectivity index (χ1n) is 11.3. The first-order valence-corrected chi connectivity index (χ1v) is 11.7. The summed E-state index contributed by atoms with van der Waals surface area (Å²) >= 11 is 6.15. The van der Waals surface area contributed by atoms with Crippen LogP contribution in [0.5, 0.6) is 5.75 Å². The van der Waals surface area contributed by atoms with E-state index in [-0.39, 0.29) is 38.6 Å². The number of benzene rings is 3. The second-order valence-corrected chi connectivity index (χ2v) is 8.35. The van der Waals surface area contributed by atoms with Gasteiger partial charge in [-0.15, -0.1) is 0 Å². The second kappa shape index (κ2) is 13.5. The highest BCUT2D eigenvalue weighted by Crippen LogP contribution is 2.23. The summed E-state index contributed by atoms with van der Waals surface area (Å²) in [5, 5.41) is 12.3. The van der Waals surface area contributed by atoms with Gasteiger partial charge in [-0.25, -0.2) is 4.39 Å². The molecule has 0 bridgehead atoms. The lowest BCUT2D eigenvalue weighted by atomic mass is 10.0. The first-order chi connectivity index (χ1) is 17.0. The van der Waals surface area contributed by atoms with Crippen molar-refractivity contribution in [3.05, 3.63) is 101 Å². The van der Waals surface area contributed by atoms with Crippen molar-refractivity contribution in [2.45, 2.75) is 25.4 Å². The minimum Gasteiger partial charge on any atom is -0.482 e. The Morgan fingerprint density at radius 3 is 2.34 bits per heavy atom. The van der Waals surface area contributed by atoms with Crippen LogP contribution in [0.3, 0.4) is 0 Å². The number of halogens is 2. The van der Waals surface area contributed by atoms with E-state index in [1.807, 2.05) is 30.3 Å². The van der Waals surface area contributed by atoms with E-state index in [9.17, 15) is 14.0 Å². The lowest BCUT2D eigenvalue weighted by Gasteiger charge is -2.31. The molecule has 6 nitrogen and oxygen atoms in total. The van der Waals surface area contributed by atoms with E-state index in [1.165, 1.54) is 17.0 Å². The Balaban J connectivity index is 1.88. The number of hydrogen-bond acceptors (Lipinski definition) is 4. The smallest absolute Gasteiger partial charge is 0.261 e. The molecule has 1 atom stereocenters. The molecule has 0 spiro atoms. The van der Waals surface area contributed by atoms with Gasteiger partial charge >= 0.3 is 0 Å². The number of nitrogens with zero attached hydrogens (tertiary/aromatic N) is 1. The highest BCUT2D eigenvalue weighted by atomic mass is 35.5. The van der Waals surface area contributed by atoms with E-state index in [1.54, 1.807) is 36.4 Å². The number of aliphatic hydroxyl groups is 1. The highest BCUT2D eigenvalue weighted by Gasteiger charge is 2.30. The lowest BCUT2D eigenvalue weighted by molar-refractivity contribution is -0.142. The average molecular weight is 499 g/mol. The third-order valence-electron chi connectivity index (χ3n) is 5.36. The molecule has 3 aromatic rings. The molecule has 0 aromatic heterocycles. The van der Waals surface area contributed by atoms with Crippen LogP contribution < -0.4 is 10.1 Å². The molecule has 35 heavy (non-hydrogen) atoms. The predicted octanol–water partition coefficient (Wildman–Crippen LogP) is 4.00. The fraction of sp³-hybridized carbons (Fsp3) is 0.259. The zero-order valence-electron chi connectivity index (χ0n) is 19.2. The van der Waals surface area contributed by atoms with Crippen LogP contribution in [-0.4, -0.2) is 47.6 Å². The van der Waals surface area contributed by atoms with Gasteiger partial charge in [-0.3, -0.25) is 9.59 Å². The van der Waals surface area contributed by atoms with E-state index in [0.29, 0.717) is 22.8 Å². The van der Waals surface area contributed by atoms with Crippen molar-refractivity contribution < 1.29 is 23.8 Å². The van der Waals surface area contributed by atoms with Crippen LogP contribution in [0.25, 0.3) is 0 Å². The summed E-state index contributed by atoms with van der Waals surface area (Å²) in [7, 11) is 0. The molecule has 0 fully saturated rings. The van der Waals surface area contributed by atoms with Crippen molar-refractivity contribution in [2.75, 3.05) is 19.8 Å². The summed E-state index contributed by atoms with van der Waals surface area (Å²) in [6, 6.07) is 21.1. The van der Waals surface area contributed by atoms with Gasteiger partial charge in [0.2, 0.25) is 5.91 Å². The highest BCUT2D eigenvalue weighted by molar-refractivity contribution is 6.32. The number of hydrogen-bond donors (Lipinski definition) is 2. The summed E-state index contributed by atoms with van der Waals surface area (Å²) in [5.41, 5.74) is 1.54. The number of rotatable bonds is 12. The largest absolute Gasteiger partial charge is 0.482 e. The van der Waals surface area contributed by atoms with Gasteiger partial charge < -0.3 is 20.1 Å². The number of aliphatic hydroxyl groups excluding tert-OH is 1. The molecule has 3 rings (SSSR count). The SMILES string of the molecule is O=C(NCCCO)[C@H](Cc1ccccc1)N(Cc1ccc(F)cc1)C(=O)COc1ccccc1Cl. The Morgan fingerprint density at radius 2 is 1.66 bits per heavy atom. The zero-order chi connectivity index (χ0) is 25.0. The quantitative estimate of drug-likeness (QED) is 0.370. The Kier molecular flexibility index (Phi) is 10.1. The lowest BCUT2D eigenvalue weighted by Crippen LogP contribution is -2.51. The van der Waals surface area contributed by atoms with Crippen molar-refractivity contribution in [2.24, 2.45) is 0 Å². The van der Waals surface area contributed by atoms with Gasteiger partial charge in [0.05, 0.1) is 5.02 Å². The van der Waals surface area contributed by atoms with Gasteiger partial charge in [0.1, 0.15) is 17.6 Å². The van der Waals surface area contributed by atoms with E-state index in [4.69, 9.17) is 21.4 Å². The van der Waals surface area contributed by atoms with Crippen LogP contribution in [0, 0.1) is 5.82 Å². The van der Waals surface area contributed by atoms with E-state index in [0.717, 1.165) is 5.56 Å². The summed E-state index contributed by atoms with van der Waals surface area (Å²) in [4.78, 5) is 28.1. The number of carbonyl (C=O) groups is 2. The fourth-order valence-corrected chi connectivity index (χ4v) is 3.72. The average Bonchev–Trinajstić information content (AvgIpc) is 2.87. The zero-order valence-corrected chi connectivity index (χ0v) is 20.0. The van der Waals surface area contributed by atoms with E-state index >= 15 is 0 Å². The first kappa shape index (κ1) is 26.2. The van der Waals surface area contributed by atoms with Crippen LogP contribution >= 0.6 is 11.6 Å². The maximum atomic E-state index is 13.5. The topological polar surface area (TPSA) is 78.9 Å². The number of para-hydroxylation sites is 1. The molecule has 0 aliphatic rings. The molecule has 184 valence electrons. The molecule has 8 heteroatoms. The molecule has 0 saturated heterocycles. The van der Waals surface area contributed by atoms with Gasteiger partial charge in [-0.2, -0.15) is 0 Å². The van der Waals surface area contributed by atoms with Gasteiger partial charge in [-0.1, -0.05) is 66.2 Å². The Labute approximate surface area is 209 Å². The Hall–Kier alpha value is -3.42. The molecule has 0 radical (unpaired) electrons. The third-order valence-corrected chi connectivity index (χ3v) is 5.67.